The Balaban J connectivity index is 1.84. The lowest BCUT2D eigenvalue weighted by Crippen LogP contribution is -2.22. The number of nitrogens with zero attached hydrogens (tertiary/aromatic N) is 3. The molecule has 27 heavy (non-hydrogen) atoms. The first kappa shape index (κ1) is 18.2. The smallest absolute Gasteiger partial charge is 0.265 e. The molecule has 134 valence electrons. The number of hydrogen-bond acceptors (Lipinski definition) is 4. The third-order valence-electron chi connectivity index (χ3n) is 4.15. The van der Waals surface area contributed by atoms with Gasteiger partial charge in [-0.1, -0.05) is 70.2 Å². The normalized spacial score (nSPS) is 15.8. The van der Waals surface area contributed by atoms with Crippen LogP contribution in [0.15, 0.2) is 70.2 Å². The fourth-order valence-corrected chi connectivity index (χ4v) is 4.16. The zero-order chi connectivity index (χ0) is 19.0. The molecule has 4 nitrogen and oxygen atoms in total. The van der Waals surface area contributed by atoms with E-state index < -0.39 is 0 Å². The first-order chi connectivity index (χ1) is 13.0. The lowest BCUT2D eigenvalue weighted by Gasteiger charge is -2.03. The quantitative estimate of drug-likeness (QED) is 0.405. The van der Waals surface area contributed by atoms with Gasteiger partial charge in [0, 0.05) is 28.8 Å². The Bertz CT molecular complexity index is 1060. The maximum Gasteiger partial charge on any atom is 0.265 e. The molecule has 1 aliphatic rings. The third kappa shape index (κ3) is 3.63. The van der Waals surface area contributed by atoms with Gasteiger partial charge in [0.1, 0.15) is 4.32 Å². The molecule has 0 spiro atoms. The fourth-order valence-electron chi connectivity index (χ4n) is 2.72. The number of benzene rings is 2. The maximum absolute atomic E-state index is 12.4. The highest BCUT2D eigenvalue weighted by Gasteiger charge is 2.29. The number of halogens is 1. The molecule has 2 heterocycles. The Labute approximate surface area is 175 Å². The molecule has 3 aromatic rings. The lowest BCUT2D eigenvalue weighted by molar-refractivity contribution is -0.121. The molecule has 0 atom stereocenters. The molecule has 1 fully saturated rings. The van der Waals surface area contributed by atoms with Crippen LogP contribution in [0, 0.1) is 0 Å². The molecular formula is C20H14BrN3OS2. The average Bonchev–Trinajstić information content (AvgIpc) is 3.20. The molecule has 0 unspecified atom stereocenters. The summed E-state index contributed by atoms with van der Waals surface area (Å²) in [6, 6.07) is 17.9. The van der Waals surface area contributed by atoms with Gasteiger partial charge in [-0.3, -0.25) is 9.69 Å². The first-order valence-corrected chi connectivity index (χ1v) is 10.2. The van der Waals surface area contributed by atoms with Crippen molar-refractivity contribution in [3.8, 4) is 16.9 Å². The van der Waals surface area contributed by atoms with Gasteiger partial charge >= 0.3 is 0 Å². The van der Waals surface area contributed by atoms with Gasteiger partial charge in [0.2, 0.25) is 0 Å². The minimum absolute atomic E-state index is 0.0841. The number of carbonyl (C=O) groups excluding carboxylic acids is 1. The average molecular weight is 456 g/mol. The van der Waals surface area contributed by atoms with E-state index in [9.17, 15) is 4.79 Å². The minimum Gasteiger partial charge on any atom is -0.296 e. The number of aromatic nitrogens is 2. The van der Waals surface area contributed by atoms with E-state index in [0.717, 1.165) is 27.0 Å². The van der Waals surface area contributed by atoms with Crippen LogP contribution in [0.2, 0.25) is 0 Å². The van der Waals surface area contributed by atoms with Gasteiger partial charge in [-0.2, -0.15) is 5.10 Å². The molecule has 1 aromatic heterocycles. The summed E-state index contributed by atoms with van der Waals surface area (Å²) < 4.78 is 3.39. The molecule has 0 aliphatic carbocycles. The van der Waals surface area contributed by atoms with Gasteiger partial charge < -0.3 is 0 Å². The maximum atomic E-state index is 12.4. The van der Waals surface area contributed by atoms with E-state index in [2.05, 4.69) is 15.9 Å². The van der Waals surface area contributed by atoms with E-state index >= 15 is 0 Å². The summed E-state index contributed by atoms with van der Waals surface area (Å²) in [6.07, 6.45) is 3.81. The fraction of sp³-hybridized carbons (Fsp3) is 0.0500. The van der Waals surface area contributed by atoms with E-state index in [0.29, 0.717) is 9.23 Å². The Morgan fingerprint density at radius 3 is 2.44 bits per heavy atom. The van der Waals surface area contributed by atoms with Gasteiger partial charge in [-0.05, 0) is 30.3 Å². The number of hydrogen-bond donors (Lipinski definition) is 0. The van der Waals surface area contributed by atoms with Gasteiger partial charge in [0.25, 0.3) is 5.91 Å². The summed E-state index contributed by atoms with van der Waals surface area (Å²) in [4.78, 5) is 14.5. The summed E-state index contributed by atoms with van der Waals surface area (Å²) >= 11 is 10.0. The molecule has 0 bridgehead atoms. The monoisotopic (exact) mass is 455 g/mol. The van der Waals surface area contributed by atoms with Crippen molar-refractivity contribution in [2.45, 2.75) is 0 Å². The van der Waals surface area contributed by atoms with Gasteiger partial charge in [-0.25, -0.2) is 4.68 Å². The van der Waals surface area contributed by atoms with Crippen LogP contribution in [0.1, 0.15) is 5.56 Å². The van der Waals surface area contributed by atoms with Crippen LogP contribution in [0.3, 0.4) is 0 Å². The Hall–Kier alpha value is -2.22. The Morgan fingerprint density at radius 2 is 1.81 bits per heavy atom. The van der Waals surface area contributed by atoms with E-state index in [4.69, 9.17) is 17.3 Å². The number of likely N-dealkylation sites (N-methyl/N-ethyl adjacent to an activating group) is 1. The molecule has 1 aliphatic heterocycles. The second-order valence-electron chi connectivity index (χ2n) is 5.96. The van der Waals surface area contributed by atoms with Crippen molar-refractivity contribution in [2.75, 3.05) is 7.05 Å². The largest absolute Gasteiger partial charge is 0.296 e. The van der Waals surface area contributed by atoms with Crippen LogP contribution in [0.25, 0.3) is 23.0 Å². The topological polar surface area (TPSA) is 38.1 Å². The SMILES string of the molecule is CN1C(=O)/C(=C\c2cn(-c3ccccc3)nc2-c2ccc(Br)cc2)SC1=S. The third-order valence-corrected chi connectivity index (χ3v) is 6.17. The molecule has 1 amide bonds. The zero-order valence-electron chi connectivity index (χ0n) is 14.3. The summed E-state index contributed by atoms with van der Waals surface area (Å²) in [5.41, 5.74) is 3.62. The van der Waals surface area contributed by atoms with Gasteiger partial charge in [0.15, 0.2) is 0 Å². The summed E-state index contributed by atoms with van der Waals surface area (Å²) in [5, 5.41) is 4.78. The van der Waals surface area contributed by atoms with Crippen molar-refractivity contribution in [2.24, 2.45) is 0 Å². The molecule has 0 saturated carbocycles. The molecule has 2 aromatic carbocycles. The molecular weight excluding hydrogens is 442 g/mol. The summed E-state index contributed by atoms with van der Waals surface area (Å²) in [6.45, 7) is 0. The number of carbonyl (C=O) groups is 1. The predicted molar refractivity (Wildman–Crippen MR) is 118 cm³/mol. The standard InChI is InChI=1S/C20H14BrN3OS2/c1-23-19(25)17(27-20(23)26)11-14-12-24(16-5-3-2-4-6-16)22-18(14)13-7-9-15(21)10-8-13/h2-12H,1H3/b17-11+. The van der Waals surface area contributed by atoms with Crippen molar-refractivity contribution < 1.29 is 4.79 Å². The highest BCUT2D eigenvalue weighted by molar-refractivity contribution is 9.10. The molecule has 1 saturated heterocycles. The van der Waals surface area contributed by atoms with Crippen molar-refractivity contribution in [3.63, 3.8) is 0 Å². The van der Waals surface area contributed by atoms with Gasteiger partial charge in [-0.15, -0.1) is 0 Å². The van der Waals surface area contributed by atoms with Crippen LogP contribution in [0.5, 0.6) is 0 Å². The second kappa shape index (κ2) is 7.42. The van der Waals surface area contributed by atoms with Crippen LogP contribution >= 0.6 is 39.9 Å². The molecule has 7 heteroatoms. The number of para-hydroxylation sites is 1. The van der Waals surface area contributed by atoms with Crippen LogP contribution < -0.4 is 0 Å². The minimum atomic E-state index is -0.0841. The molecule has 4 rings (SSSR count). The van der Waals surface area contributed by atoms with E-state index in [1.807, 2.05) is 71.6 Å². The summed E-state index contributed by atoms with van der Waals surface area (Å²) in [5.74, 6) is -0.0841. The van der Waals surface area contributed by atoms with Crippen molar-refractivity contribution in [1.29, 1.82) is 0 Å². The highest BCUT2D eigenvalue weighted by Crippen LogP contribution is 2.34. The predicted octanol–water partition coefficient (Wildman–Crippen LogP) is 5.13. The van der Waals surface area contributed by atoms with Crippen LogP contribution in [-0.2, 0) is 4.79 Å². The van der Waals surface area contributed by atoms with Crippen molar-refractivity contribution >= 4 is 56.2 Å². The van der Waals surface area contributed by atoms with E-state index in [-0.39, 0.29) is 5.91 Å². The first-order valence-electron chi connectivity index (χ1n) is 8.15. The molecule has 0 N–H and O–H groups in total. The second-order valence-corrected chi connectivity index (χ2v) is 8.55. The van der Waals surface area contributed by atoms with Crippen molar-refractivity contribution in [3.05, 3.63) is 75.7 Å². The number of amides is 1. The van der Waals surface area contributed by atoms with Crippen LogP contribution in [-0.4, -0.2) is 32.0 Å². The molecule has 0 radical (unpaired) electrons. The van der Waals surface area contributed by atoms with E-state index in [1.54, 1.807) is 7.05 Å². The lowest BCUT2D eigenvalue weighted by atomic mass is 10.1. The number of thioether (sulfide) groups is 1. The zero-order valence-corrected chi connectivity index (χ0v) is 17.5. The Morgan fingerprint density at radius 1 is 1.11 bits per heavy atom. The Kier molecular flexibility index (Phi) is 4.99. The van der Waals surface area contributed by atoms with E-state index in [1.165, 1.54) is 16.7 Å². The van der Waals surface area contributed by atoms with Gasteiger partial charge in [0.05, 0.1) is 16.3 Å². The number of rotatable bonds is 3. The van der Waals surface area contributed by atoms with Crippen molar-refractivity contribution in [1.82, 2.24) is 14.7 Å². The summed E-state index contributed by atoms with van der Waals surface area (Å²) in [7, 11) is 1.70. The van der Waals surface area contributed by atoms with Crippen LogP contribution in [0.4, 0.5) is 0 Å². The highest BCUT2D eigenvalue weighted by atomic mass is 79.9. The number of thiocarbonyl (C=S) groups is 1.